The van der Waals surface area contributed by atoms with E-state index in [1.54, 1.807) is 20.1 Å². The van der Waals surface area contributed by atoms with Gasteiger partial charge in [-0.1, -0.05) is 13.0 Å². The van der Waals surface area contributed by atoms with Gasteiger partial charge in [0.05, 0.1) is 12.8 Å². The van der Waals surface area contributed by atoms with Gasteiger partial charge in [-0.15, -0.1) is 0 Å². The zero-order valence-electron chi connectivity index (χ0n) is 16.1. The molecule has 0 radical (unpaired) electrons. The second kappa shape index (κ2) is 7.26. The first-order chi connectivity index (χ1) is 12.9. The summed E-state index contributed by atoms with van der Waals surface area (Å²) in [5.74, 6) is 0.905. The number of rotatable bonds is 5. The maximum atomic E-state index is 13.0. The molecule has 0 aliphatic rings. The summed E-state index contributed by atoms with van der Waals surface area (Å²) in [6.45, 7) is 7.38. The van der Waals surface area contributed by atoms with E-state index in [0.29, 0.717) is 34.7 Å². The van der Waals surface area contributed by atoms with Crippen molar-refractivity contribution in [3.63, 3.8) is 0 Å². The van der Waals surface area contributed by atoms with E-state index >= 15 is 0 Å². The molecule has 142 valence electrons. The van der Waals surface area contributed by atoms with Gasteiger partial charge in [0.2, 0.25) is 11.6 Å². The van der Waals surface area contributed by atoms with Gasteiger partial charge in [0.1, 0.15) is 29.3 Å². The molecule has 3 rings (SSSR count). The number of nitrogens with one attached hydrogen (secondary N) is 1. The van der Waals surface area contributed by atoms with Crippen molar-refractivity contribution in [1.29, 1.82) is 0 Å². The van der Waals surface area contributed by atoms with E-state index in [-0.39, 0.29) is 11.5 Å². The molecule has 0 saturated heterocycles. The first-order valence-electron chi connectivity index (χ1n) is 8.79. The van der Waals surface area contributed by atoms with Gasteiger partial charge in [0.15, 0.2) is 0 Å². The van der Waals surface area contributed by atoms with Crippen LogP contribution in [0.15, 0.2) is 33.7 Å². The lowest BCUT2D eigenvalue weighted by molar-refractivity contribution is -0.119. The molecule has 2 heterocycles. The number of ether oxygens (including phenoxy) is 1. The second-order valence-corrected chi connectivity index (χ2v) is 6.54. The quantitative estimate of drug-likeness (QED) is 0.744. The van der Waals surface area contributed by atoms with Crippen LogP contribution in [-0.4, -0.2) is 22.6 Å². The molecular formula is C20H23N3O4. The summed E-state index contributed by atoms with van der Waals surface area (Å²) in [5.41, 5.74) is 2.31. The van der Waals surface area contributed by atoms with Crippen LogP contribution in [0.4, 0.5) is 5.69 Å². The molecular weight excluding hydrogens is 346 g/mol. The maximum Gasteiger partial charge on any atom is 0.265 e. The Hall–Kier alpha value is -3.09. The van der Waals surface area contributed by atoms with Crippen LogP contribution in [0.25, 0.3) is 11.1 Å². The van der Waals surface area contributed by atoms with Crippen molar-refractivity contribution < 1.29 is 13.9 Å². The van der Waals surface area contributed by atoms with Crippen molar-refractivity contribution in [2.24, 2.45) is 0 Å². The summed E-state index contributed by atoms with van der Waals surface area (Å²) >= 11 is 0. The molecule has 1 atom stereocenters. The number of amides is 1. The summed E-state index contributed by atoms with van der Waals surface area (Å²) in [5, 5.41) is 3.28. The largest absolute Gasteiger partial charge is 0.495 e. The van der Waals surface area contributed by atoms with Gasteiger partial charge in [-0.05, 0) is 44.9 Å². The predicted octanol–water partition coefficient (Wildman–Crippen LogP) is 3.51. The lowest BCUT2D eigenvalue weighted by Crippen LogP contribution is -2.33. The van der Waals surface area contributed by atoms with Crippen LogP contribution in [0.2, 0.25) is 0 Å². The first-order valence-corrected chi connectivity index (χ1v) is 8.79. The summed E-state index contributed by atoms with van der Waals surface area (Å²) in [7, 11) is 1.55. The van der Waals surface area contributed by atoms with Gasteiger partial charge < -0.3 is 14.5 Å². The highest BCUT2D eigenvalue weighted by atomic mass is 16.5. The van der Waals surface area contributed by atoms with E-state index < -0.39 is 6.04 Å². The molecule has 27 heavy (non-hydrogen) atoms. The highest BCUT2D eigenvalue weighted by molar-refractivity contribution is 5.95. The molecule has 7 nitrogen and oxygen atoms in total. The third-order valence-electron chi connectivity index (χ3n) is 4.75. The number of hydrogen-bond donors (Lipinski definition) is 1. The van der Waals surface area contributed by atoms with E-state index in [1.165, 1.54) is 10.9 Å². The standard InChI is InChI=1S/C20H23N3O4/c1-6-15(18(24)22-14-9-11(2)7-8-16(14)26-5)23-10-21-19-17(20(23)25)12(3)13(4)27-19/h7-10,15H,6H2,1-5H3,(H,22,24)/t15-/m1/s1. The van der Waals surface area contributed by atoms with Gasteiger partial charge in [-0.25, -0.2) is 4.98 Å². The molecule has 3 aromatic rings. The fourth-order valence-corrected chi connectivity index (χ4v) is 3.11. The highest BCUT2D eigenvalue weighted by Gasteiger charge is 2.24. The molecule has 1 aromatic carbocycles. The smallest absolute Gasteiger partial charge is 0.265 e. The lowest BCUT2D eigenvalue weighted by Gasteiger charge is -2.18. The molecule has 7 heteroatoms. The number of methoxy groups -OCH3 is 1. The average Bonchev–Trinajstić information content (AvgIpc) is 2.92. The van der Waals surface area contributed by atoms with E-state index in [0.717, 1.165) is 11.1 Å². The molecule has 0 saturated carbocycles. The Kier molecular flexibility index (Phi) is 5.03. The summed E-state index contributed by atoms with van der Waals surface area (Å²) < 4.78 is 12.2. The number of aromatic nitrogens is 2. The topological polar surface area (TPSA) is 86.4 Å². The van der Waals surface area contributed by atoms with Crippen molar-refractivity contribution in [3.8, 4) is 5.75 Å². The van der Waals surface area contributed by atoms with Crippen molar-refractivity contribution in [1.82, 2.24) is 9.55 Å². The highest BCUT2D eigenvalue weighted by Crippen LogP contribution is 2.27. The minimum absolute atomic E-state index is 0.285. The molecule has 0 fully saturated rings. The molecule has 1 amide bonds. The number of aryl methyl sites for hydroxylation is 3. The Morgan fingerprint density at radius 2 is 2.07 bits per heavy atom. The lowest BCUT2D eigenvalue weighted by atomic mass is 10.1. The van der Waals surface area contributed by atoms with Crippen molar-refractivity contribution in [3.05, 3.63) is 51.8 Å². The summed E-state index contributed by atoms with van der Waals surface area (Å²) in [6.07, 6.45) is 1.80. The van der Waals surface area contributed by atoms with Gasteiger partial charge >= 0.3 is 0 Å². The first kappa shape index (κ1) is 18.7. The van der Waals surface area contributed by atoms with E-state index in [1.807, 2.05) is 32.9 Å². The number of hydrogen-bond acceptors (Lipinski definition) is 5. The predicted molar refractivity (Wildman–Crippen MR) is 103 cm³/mol. The van der Waals surface area contributed by atoms with Crippen LogP contribution in [-0.2, 0) is 4.79 Å². The fraction of sp³-hybridized carbons (Fsp3) is 0.350. The second-order valence-electron chi connectivity index (χ2n) is 6.54. The number of carbonyl (C=O) groups excluding carboxylic acids is 1. The SMILES string of the molecule is CC[C@H](C(=O)Nc1cc(C)ccc1OC)n1cnc2oc(C)c(C)c2c1=O. The molecule has 1 N–H and O–H groups in total. The van der Waals surface area contributed by atoms with Gasteiger partial charge in [-0.2, -0.15) is 0 Å². The Bertz CT molecular complexity index is 1070. The maximum absolute atomic E-state index is 13.0. The minimum Gasteiger partial charge on any atom is -0.495 e. The molecule has 0 aliphatic heterocycles. The summed E-state index contributed by atoms with van der Waals surface area (Å²) in [4.78, 5) is 30.1. The van der Waals surface area contributed by atoms with Crippen molar-refractivity contribution in [2.75, 3.05) is 12.4 Å². The molecule has 0 bridgehead atoms. The van der Waals surface area contributed by atoms with Crippen LogP contribution in [0.3, 0.4) is 0 Å². The third kappa shape index (κ3) is 3.32. The van der Waals surface area contributed by atoms with Crippen LogP contribution >= 0.6 is 0 Å². The summed E-state index contributed by atoms with van der Waals surface area (Å²) in [6, 6.07) is 4.83. The van der Waals surface area contributed by atoms with Gasteiger partial charge in [0.25, 0.3) is 5.56 Å². The molecule has 0 aliphatic carbocycles. The zero-order chi connectivity index (χ0) is 19.7. The van der Waals surface area contributed by atoms with Crippen LogP contribution < -0.4 is 15.6 Å². The Morgan fingerprint density at radius 3 is 2.74 bits per heavy atom. The van der Waals surface area contributed by atoms with Crippen LogP contribution in [0, 0.1) is 20.8 Å². The number of anilines is 1. The fourth-order valence-electron chi connectivity index (χ4n) is 3.11. The minimum atomic E-state index is -0.700. The molecule has 0 unspecified atom stereocenters. The number of carbonyl (C=O) groups is 1. The Morgan fingerprint density at radius 1 is 1.33 bits per heavy atom. The van der Waals surface area contributed by atoms with E-state index in [4.69, 9.17) is 9.15 Å². The Balaban J connectivity index is 2.00. The van der Waals surface area contributed by atoms with E-state index in [2.05, 4.69) is 10.3 Å². The molecule has 2 aromatic heterocycles. The number of benzene rings is 1. The van der Waals surface area contributed by atoms with E-state index in [9.17, 15) is 9.59 Å². The Labute approximate surface area is 157 Å². The van der Waals surface area contributed by atoms with Crippen molar-refractivity contribution in [2.45, 2.75) is 40.2 Å². The van der Waals surface area contributed by atoms with Crippen LogP contribution in [0.1, 0.15) is 36.3 Å². The molecule has 0 spiro atoms. The van der Waals surface area contributed by atoms with Gasteiger partial charge in [0, 0.05) is 5.56 Å². The normalized spacial score (nSPS) is 12.2. The zero-order valence-corrected chi connectivity index (χ0v) is 16.1. The number of furan rings is 1. The average molecular weight is 369 g/mol. The van der Waals surface area contributed by atoms with Gasteiger partial charge in [-0.3, -0.25) is 14.2 Å². The number of fused-ring (bicyclic) bond motifs is 1. The van der Waals surface area contributed by atoms with Crippen LogP contribution in [0.5, 0.6) is 5.75 Å². The number of nitrogens with zero attached hydrogens (tertiary/aromatic N) is 2. The monoisotopic (exact) mass is 369 g/mol. The third-order valence-corrected chi connectivity index (χ3v) is 4.75. The van der Waals surface area contributed by atoms with Crippen molar-refractivity contribution >= 4 is 22.7 Å².